The molecule has 7 rings (SSSR count). The zero-order chi connectivity index (χ0) is 24.1. The minimum atomic E-state index is 0.927. The van der Waals surface area contributed by atoms with Gasteiger partial charge in [-0.25, -0.2) is 0 Å². The van der Waals surface area contributed by atoms with Crippen LogP contribution in [0.1, 0.15) is 0 Å². The van der Waals surface area contributed by atoms with E-state index in [0.29, 0.717) is 0 Å². The van der Waals surface area contributed by atoms with Crippen LogP contribution in [-0.2, 0) is 0 Å². The highest BCUT2D eigenvalue weighted by Crippen LogP contribution is 2.34. The normalized spacial score (nSPS) is 11.5. The smallest absolute Gasteiger partial charge is 0.135 e. The first kappa shape index (κ1) is 21.1. The van der Waals surface area contributed by atoms with Crippen molar-refractivity contribution < 1.29 is 4.42 Å². The van der Waals surface area contributed by atoms with E-state index in [2.05, 4.69) is 125 Å². The van der Waals surface area contributed by atoms with Gasteiger partial charge in [0.15, 0.2) is 0 Å². The van der Waals surface area contributed by atoms with Crippen LogP contribution in [0.4, 0.5) is 0 Å². The van der Waals surface area contributed by atoms with Gasteiger partial charge in [0.25, 0.3) is 0 Å². The van der Waals surface area contributed by atoms with Crippen molar-refractivity contribution in [1.82, 2.24) is 0 Å². The maximum absolute atomic E-state index is 6.00. The lowest BCUT2D eigenvalue weighted by molar-refractivity contribution is 0.669. The fourth-order valence-corrected chi connectivity index (χ4v) is 5.23. The molecule has 0 saturated heterocycles. The van der Waals surface area contributed by atoms with Crippen molar-refractivity contribution in [3.63, 3.8) is 0 Å². The van der Waals surface area contributed by atoms with E-state index in [1.165, 1.54) is 49.5 Å². The molecule has 2 heteroatoms. The second-order valence-corrected chi connectivity index (χ2v) is 9.95. The maximum Gasteiger partial charge on any atom is 0.135 e. The molecular formula is C34H23OP. The van der Waals surface area contributed by atoms with Gasteiger partial charge in [0, 0.05) is 10.8 Å². The van der Waals surface area contributed by atoms with E-state index in [1.807, 2.05) is 12.1 Å². The fourth-order valence-electron chi connectivity index (χ4n) is 5.04. The molecule has 1 unspecified atom stereocenters. The highest BCUT2D eigenvalue weighted by atomic mass is 31.0. The van der Waals surface area contributed by atoms with Crippen LogP contribution in [-0.4, -0.2) is 0 Å². The van der Waals surface area contributed by atoms with Gasteiger partial charge in [-0.1, -0.05) is 97.1 Å². The summed E-state index contributed by atoms with van der Waals surface area (Å²) >= 11 is 0. The van der Waals surface area contributed by atoms with Gasteiger partial charge in [-0.15, -0.1) is 9.24 Å². The van der Waals surface area contributed by atoms with Gasteiger partial charge in [-0.2, -0.15) is 0 Å². The molecule has 0 N–H and O–H groups in total. The summed E-state index contributed by atoms with van der Waals surface area (Å²) in [5.74, 6) is 0. The Labute approximate surface area is 212 Å². The van der Waals surface area contributed by atoms with Crippen molar-refractivity contribution in [3.8, 4) is 33.4 Å². The molecule has 0 bridgehead atoms. The number of para-hydroxylation sites is 1. The molecule has 36 heavy (non-hydrogen) atoms. The Morgan fingerprint density at radius 2 is 0.889 bits per heavy atom. The highest BCUT2D eigenvalue weighted by Gasteiger charge is 2.09. The van der Waals surface area contributed by atoms with Crippen molar-refractivity contribution >= 4 is 47.3 Å². The molecule has 0 spiro atoms. The molecule has 1 atom stereocenters. The Bertz CT molecular complexity index is 1880. The first-order chi connectivity index (χ1) is 17.7. The molecule has 7 aromatic rings. The Morgan fingerprint density at radius 3 is 1.56 bits per heavy atom. The molecular weight excluding hydrogens is 455 g/mol. The minimum absolute atomic E-state index is 0.927. The lowest BCUT2D eigenvalue weighted by Gasteiger charge is -2.09. The van der Waals surface area contributed by atoms with Crippen LogP contribution in [0.5, 0.6) is 0 Å². The molecule has 1 aromatic heterocycles. The monoisotopic (exact) mass is 478 g/mol. The Morgan fingerprint density at radius 1 is 0.389 bits per heavy atom. The van der Waals surface area contributed by atoms with Crippen molar-refractivity contribution in [2.75, 3.05) is 0 Å². The van der Waals surface area contributed by atoms with Gasteiger partial charge in [0.1, 0.15) is 11.2 Å². The predicted octanol–water partition coefficient (Wildman–Crippen LogP) is 9.24. The molecule has 170 valence electrons. The number of furan rings is 1. The summed E-state index contributed by atoms with van der Waals surface area (Å²) in [6.07, 6.45) is 0. The van der Waals surface area contributed by atoms with Crippen molar-refractivity contribution in [2.24, 2.45) is 0 Å². The van der Waals surface area contributed by atoms with E-state index in [-0.39, 0.29) is 0 Å². The van der Waals surface area contributed by atoms with Crippen LogP contribution in [0.25, 0.3) is 66.1 Å². The lowest BCUT2D eigenvalue weighted by atomic mass is 9.96. The van der Waals surface area contributed by atoms with E-state index in [4.69, 9.17) is 4.42 Å². The first-order valence-electron chi connectivity index (χ1n) is 12.1. The summed E-state index contributed by atoms with van der Waals surface area (Å²) in [5, 5.41) is 6.02. The molecule has 0 aliphatic rings. The third kappa shape index (κ3) is 3.70. The highest BCUT2D eigenvalue weighted by molar-refractivity contribution is 7.27. The average molecular weight is 479 g/mol. The van der Waals surface area contributed by atoms with Crippen LogP contribution in [0.3, 0.4) is 0 Å². The molecule has 0 fully saturated rings. The Hall–Kier alpha value is -4.19. The number of benzene rings is 6. The molecule has 1 heterocycles. The minimum Gasteiger partial charge on any atom is -0.456 e. The van der Waals surface area contributed by atoms with E-state index in [9.17, 15) is 0 Å². The molecule has 6 aromatic carbocycles. The molecule has 0 amide bonds. The number of fused-ring (bicyclic) bond motifs is 4. The molecule has 1 nitrogen and oxygen atoms in total. The zero-order valence-electron chi connectivity index (χ0n) is 19.6. The summed E-state index contributed by atoms with van der Waals surface area (Å²) in [5.41, 5.74) is 9.17. The summed E-state index contributed by atoms with van der Waals surface area (Å²) < 4.78 is 6.00. The van der Waals surface area contributed by atoms with Crippen LogP contribution in [0, 0.1) is 0 Å². The van der Waals surface area contributed by atoms with Crippen LogP contribution in [0.15, 0.2) is 132 Å². The van der Waals surface area contributed by atoms with Gasteiger partial charge >= 0.3 is 0 Å². The van der Waals surface area contributed by atoms with Crippen molar-refractivity contribution in [1.29, 1.82) is 0 Å². The topological polar surface area (TPSA) is 13.1 Å². The third-order valence-corrected chi connectivity index (χ3v) is 7.40. The summed E-state index contributed by atoms with van der Waals surface area (Å²) in [4.78, 5) is 0. The van der Waals surface area contributed by atoms with E-state index >= 15 is 0 Å². The number of hydrogen-bond acceptors (Lipinski definition) is 1. The summed E-state index contributed by atoms with van der Waals surface area (Å²) in [6.45, 7) is 0. The van der Waals surface area contributed by atoms with E-state index < -0.39 is 0 Å². The standard InChI is InChI=1S/C34H23OP/c36-30-16-13-24(14-17-30)27-12-10-25-9-11-26(19-29(25)20-27)22-5-7-23(8-6-22)28-15-18-34-32(21-28)31-3-1-2-4-33(31)35-34/h1-21H,36H2. The van der Waals surface area contributed by atoms with Gasteiger partial charge in [-0.05, 0) is 79.8 Å². The fraction of sp³-hybridized carbons (Fsp3) is 0. The van der Waals surface area contributed by atoms with E-state index in [1.54, 1.807) is 0 Å². The summed E-state index contributed by atoms with van der Waals surface area (Å²) in [7, 11) is 2.75. The van der Waals surface area contributed by atoms with Crippen molar-refractivity contribution in [2.45, 2.75) is 0 Å². The number of hydrogen-bond donors (Lipinski definition) is 0. The average Bonchev–Trinajstić information content (AvgIpc) is 3.31. The Kier molecular flexibility index (Phi) is 4.98. The quantitative estimate of drug-likeness (QED) is 0.231. The van der Waals surface area contributed by atoms with E-state index in [0.717, 1.165) is 21.9 Å². The van der Waals surface area contributed by atoms with Gasteiger partial charge in [0.05, 0.1) is 0 Å². The van der Waals surface area contributed by atoms with Gasteiger partial charge in [-0.3, -0.25) is 0 Å². The third-order valence-electron chi connectivity index (χ3n) is 7.01. The van der Waals surface area contributed by atoms with Crippen LogP contribution >= 0.6 is 9.24 Å². The first-order valence-corrected chi connectivity index (χ1v) is 12.7. The molecule has 0 saturated carbocycles. The SMILES string of the molecule is Pc1ccc(-c2ccc3ccc(-c4ccc(-c5ccc6oc7ccccc7c6c5)cc4)cc3c2)cc1. The Balaban J connectivity index is 1.23. The summed E-state index contributed by atoms with van der Waals surface area (Å²) in [6, 6.07) is 45.6. The van der Waals surface area contributed by atoms with Gasteiger partial charge < -0.3 is 4.42 Å². The molecule has 0 aliphatic carbocycles. The lowest BCUT2D eigenvalue weighted by Crippen LogP contribution is -1.88. The van der Waals surface area contributed by atoms with Crippen LogP contribution < -0.4 is 5.30 Å². The molecule has 0 radical (unpaired) electrons. The van der Waals surface area contributed by atoms with Crippen molar-refractivity contribution in [3.05, 3.63) is 127 Å². The van der Waals surface area contributed by atoms with Gasteiger partial charge in [0.2, 0.25) is 0 Å². The second-order valence-electron chi connectivity index (χ2n) is 9.29. The number of rotatable bonds is 3. The molecule has 0 aliphatic heterocycles. The van der Waals surface area contributed by atoms with Crippen LogP contribution in [0.2, 0.25) is 0 Å². The second kappa shape index (κ2) is 8.48. The maximum atomic E-state index is 6.00. The predicted molar refractivity (Wildman–Crippen MR) is 157 cm³/mol. The zero-order valence-corrected chi connectivity index (χ0v) is 20.8. The largest absolute Gasteiger partial charge is 0.456 e.